The Hall–Kier alpha value is -1.95. The van der Waals surface area contributed by atoms with Crippen LogP contribution in [0.1, 0.15) is 24.2 Å². The monoisotopic (exact) mass is 282 g/mol. The molecule has 1 heterocycles. The first-order valence-corrected chi connectivity index (χ1v) is 6.46. The number of esters is 1. The lowest BCUT2D eigenvalue weighted by molar-refractivity contribution is -0.0631. The molecule has 0 aliphatic carbocycles. The Morgan fingerprint density at radius 1 is 1.30 bits per heavy atom. The molecule has 1 unspecified atom stereocenters. The largest absolute Gasteiger partial charge is 0.485 e. The molecule has 6 heteroatoms. The first kappa shape index (κ1) is 14.5. The minimum Gasteiger partial charge on any atom is -0.485 e. The smallest absolute Gasteiger partial charge is 0.341 e. The lowest BCUT2D eigenvalue weighted by Crippen LogP contribution is -2.21. The summed E-state index contributed by atoms with van der Waals surface area (Å²) in [6.07, 6.45) is -0.418. The van der Waals surface area contributed by atoms with Crippen molar-refractivity contribution >= 4 is 5.97 Å². The van der Waals surface area contributed by atoms with Gasteiger partial charge in [0.25, 0.3) is 0 Å². The van der Waals surface area contributed by atoms with Crippen molar-refractivity contribution in [1.29, 1.82) is 0 Å². The van der Waals surface area contributed by atoms with Crippen molar-refractivity contribution in [2.75, 3.05) is 26.9 Å². The molecule has 0 N–H and O–H groups in total. The van der Waals surface area contributed by atoms with Gasteiger partial charge < -0.3 is 23.7 Å². The highest BCUT2D eigenvalue weighted by Gasteiger charge is 2.26. The van der Waals surface area contributed by atoms with Crippen LogP contribution in [0.15, 0.2) is 12.1 Å². The van der Waals surface area contributed by atoms with Crippen molar-refractivity contribution in [3.8, 4) is 17.2 Å². The molecule has 2 rings (SSSR count). The molecule has 20 heavy (non-hydrogen) atoms. The van der Waals surface area contributed by atoms with E-state index in [-0.39, 0.29) is 0 Å². The highest BCUT2D eigenvalue weighted by molar-refractivity contribution is 5.94. The van der Waals surface area contributed by atoms with Crippen LogP contribution in [0, 0.1) is 0 Å². The topological polar surface area (TPSA) is 63.2 Å². The summed E-state index contributed by atoms with van der Waals surface area (Å²) in [5.74, 6) is 0.763. The Morgan fingerprint density at radius 3 is 2.65 bits per heavy atom. The first-order chi connectivity index (χ1) is 9.67. The van der Waals surface area contributed by atoms with Gasteiger partial charge in [0, 0.05) is 6.61 Å². The Kier molecular flexibility index (Phi) is 4.68. The summed E-state index contributed by atoms with van der Waals surface area (Å²) < 4.78 is 26.8. The number of carbonyl (C=O) groups excluding carboxylic acids is 1. The van der Waals surface area contributed by atoms with Crippen molar-refractivity contribution in [2.45, 2.75) is 20.1 Å². The van der Waals surface area contributed by atoms with Gasteiger partial charge in [-0.15, -0.1) is 0 Å². The van der Waals surface area contributed by atoms with Gasteiger partial charge in [-0.1, -0.05) is 0 Å². The zero-order valence-corrected chi connectivity index (χ0v) is 11.8. The Labute approximate surface area is 117 Å². The number of carbonyl (C=O) groups is 1. The molecule has 1 aliphatic heterocycles. The Morgan fingerprint density at radius 2 is 2.00 bits per heavy atom. The summed E-state index contributed by atoms with van der Waals surface area (Å²) in [6.45, 7) is 4.99. The second-order valence-corrected chi connectivity index (χ2v) is 4.10. The summed E-state index contributed by atoms with van der Waals surface area (Å²) in [5.41, 5.74) is 0.318. The molecule has 0 fully saturated rings. The standard InChI is InChI=1S/C14H18O6/c1-4-17-9(2)20-11-6-5-10(14(15)16-3)12-13(11)19-8-7-18-12/h5-6,9H,4,7-8H2,1-3H3. The number of fused-ring (bicyclic) bond motifs is 1. The number of ether oxygens (including phenoxy) is 5. The van der Waals surface area contributed by atoms with Gasteiger partial charge in [-0.05, 0) is 26.0 Å². The minimum atomic E-state index is -0.476. The summed E-state index contributed by atoms with van der Waals surface area (Å²) in [4.78, 5) is 11.7. The summed E-state index contributed by atoms with van der Waals surface area (Å²) in [5, 5.41) is 0. The SMILES string of the molecule is CCOC(C)Oc1ccc(C(=O)OC)c2c1OCCO2. The predicted molar refractivity (Wildman–Crippen MR) is 70.5 cm³/mol. The van der Waals surface area contributed by atoms with E-state index < -0.39 is 12.3 Å². The third-order valence-electron chi connectivity index (χ3n) is 2.75. The van der Waals surface area contributed by atoms with Gasteiger partial charge in [0.05, 0.1) is 7.11 Å². The van der Waals surface area contributed by atoms with Crippen LogP contribution in [0.25, 0.3) is 0 Å². The van der Waals surface area contributed by atoms with Gasteiger partial charge in [-0.2, -0.15) is 0 Å². The third-order valence-corrected chi connectivity index (χ3v) is 2.75. The van der Waals surface area contributed by atoms with E-state index in [1.54, 1.807) is 19.1 Å². The maximum atomic E-state index is 11.7. The van der Waals surface area contributed by atoms with Gasteiger partial charge in [0.15, 0.2) is 17.8 Å². The van der Waals surface area contributed by atoms with Crippen LogP contribution in [0.4, 0.5) is 0 Å². The number of hydrogen-bond donors (Lipinski definition) is 0. The van der Waals surface area contributed by atoms with E-state index in [9.17, 15) is 4.79 Å². The number of methoxy groups -OCH3 is 1. The second-order valence-electron chi connectivity index (χ2n) is 4.10. The van der Waals surface area contributed by atoms with E-state index in [0.717, 1.165) is 0 Å². The van der Waals surface area contributed by atoms with Gasteiger partial charge in [0.1, 0.15) is 18.8 Å². The van der Waals surface area contributed by atoms with Gasteiger partial charge in [0.2, 0.25) is 5.75 Å². The highest BCUT2D eigenvalue weighted by atomic mass is 16.7. The molecule has 0 saturated carbocycles. The molecule has 110 valence electrons. The van der Waals surface area contributed by atoms with Crippen LogP contribution in [-0.2, 0) is 9.47 Å². The van der Waals surface area contributed by atoms with Gasteiger partial charge in [-0.25, -0.2) is 4.79 Å². The van der Waals surface area contributed by atoms with E-state index in [0.29, 0.717) is 42.6 Å². The molecular formula is C14H18O6. The van der Waals surface area contributed by atoms with Crippen molar-refractivity contribution in [3.05, 3.63) is 17.7 Å². The highest BCUT2D eigenvalue weighted by Crippen LogP contribution is 2.42. The molecule has 0 amide bonds. The molecule has 1 atom stereocenters. The van der Waals surface area contributed by atoms with E-state index in [1.165, 1.54) is 7.11 Å². The van der Waals surface area contributed by atoms with Crippen molar-refractivity contribution < 1.29 is 28.5 Å². The molecule has 0 aromatic heterocycles. The molecular weight excluding hydrogens is 264 g/mol. The molecule has 0 radical (unpaired) electrons. The van der Waals surface area contributed by atoms with Crippen LogP contribution in [0.3, 0.4) is 0 Å². The number of benzene rings is 1. The lowest BCUT2D eigenvalue weighted by atomic mass is 10.1. The number of hydrogen-bond acceptors (Lipinski definition) is 6. The van der Waals surface area contributed by atoms with Crippen LogP contribution < -0.4 is 14.2 Å². The summed E-state index contributed by atoms with van der Waals surface area (Å²) in [7, 11) is 1.32. The fourth-order valence-electron chi connectivity index (χ4n) is 1.92. The molecule has 0 bridgehead atoms. The van der Waals surface area contributed by atoms with Gasteiger partial charge >= 0.3 is 5.97 Å². The van der Waals surface area contributed by atoms with Crippen molar-refractivity contribution in [1.82, 2.24) is 0 Å². The molecule has 1 aromatic rings. The zero-order chi connectivity index (χ0) is 14.5. The molecule has 0 saturated heterocycles. The summed E-state index contributed by atoms with van der Waals surface area (Å²) >= 11 is 0. The fraction of sp³-hybridized carbons (Fsp3) is 0.500. The number of rotatable bonds is 5. The maximum absolute atomic E-state index is 11.7. The van der Waals surface area contributed by atoms with E-state index in [2.05, 4.69) is 0 Å². The summed E-state index contributed by atoms with van der Waals surface area (Å²) in [6, 6.07) is 3.24. The quantitative estimate of drug-likeness (QED) is 0.608. The fourth-order valence-corrected chi connectivity index (χ4v) is 1.92. The van der Waals surface area contributed by atoms with E-state index in [1.807, 2.05) is 6.92 Å². The average molecular weight is 282 g/mol. The van der Waals surface area contributed by atoms with Crippen LogP contribution in [0.5, 0.6) is 17.2 Å². The molecule has 6 nitrogen and oxygen atoms in total. The molecule has 0 spiro atoms. The maximum Gasteiger partial charge on any atom is 0.341 e. The molecule has 1 aliphatic rings. The minimum absolute atomic E-state index is 0.318. The Balaban J connectivity index is 2.33. The van der Waals surface area contributed by atoms with Gasteiger partial charge in [-0.3, -0.25) is 0 Å². The third kappa shape index (κ3) is 2.96. The first-order valence-electron chi connectivity index (χ1n) is 6.46. The van der Waals surface area contributed by atoms with E-state index >= 15 is 0 Å². The average Bonchev–Trinajstić information content (AvgIpc) is 2.47. The normalized spacial score (nSPS) is 14.6. The zero-order valence-electron chi connectivity index (χ0n) is 11.8. The van der Waals surface area contributed by atoms with Crippen LogP contribution >= 0.6 is 0 Å². The van der Waals surface area contributed by atoms with Crippen molar-refractivity contribution in [3.63, 3.8) is 0 Å². The van der Waals surface area contributed by atoms with Crippen molar-refractivity contribution in [2.24, 2.45) is 0 Å². The molecule has 1 aromatic carbocycles. The van der Waals surface area contributed by atoms with Crippen LogP contribution in [0.2, 0.25) is 0 Å². The predicted octanol–water partition coefficient (Wildman–Crippen LogP) is 2.01. The van der Waals surface area contributed by atoms with Crippen LogP contribution in [-0.4, -0.2) is 39.2 Å². The second kappa shape index (κ2) is 6.47. The lowest BCUT2D eigenvalue weighted by Gasteiger charge is -2.24. The Bertz CT molecular complexity index is 485. The van der Waals surface area contributed by atoms with E-state index in [4.69, 9.17) is 23.7 Å².